The maximum atomic E-state index is 14.5. The molecule has 0 aliphatic carbocycles. The fraction of sp³-hybridized carbons (Fsp3) is 0.200. The van der Waals surface area contributed by atoms with Gasteiger partial charge < -0.3 is 0 Å². The monoisotopic (exact) mass is 405 g/mol. The van der Waals surface area contributed by atoms with Crippen molar-refractivity contribution in [2.75, 3.05) is 0 Å². The number of benzene rings is 2. The topological polar surface area (TPSA) is 67.2 Å². The van der Waals surface area contributed by atoms with Crippen LogP contribution in [-0.2, 0) is 24.1 Å². The van der Waals surface area contributed by atoms with E-state index in [0.29, 0.717) is 29.7 Å². The minimum atomic E-state index is -0.631. The van der Waals surface area contributed by atoms with Crippen LogP contribution in [0.2, 0.25) is 5.02 Å². The van der Waals surface area contributed by atoms with Gasteiger partial charge in [0.05, 0.1) is 17.6 Å². The van der Waals surface area contributed by atoms with Gasteiger partial charge in [-0.05, 0) is 49.1 Å². The van der Waals surface area contributed by atoms with E-state index in [1.807, 2.05) is 6.07 Å². The van der Waals surface area contributed by atoms with E-state index in [0.717, 1.165) is 5.56 Å². The van der Waals surface area contributed by atoms with E-state index >= 15 is 0 Å². The van der Waals surface area contributed by atoms with Crippen molar-refractivity contribution in [1.82, 2.24) is 15.3 Å². The molecule has 0 saturated carbocycles. The largest absolute Gasteiger partial charge is 0.289 e. The lowest BCUT2D eigenvalue weighted by molar-refractivity contribution is -0.128. The first-order valence-electron chi connectivity index (χ1n) is 8.59. The summed E-state index contributed by atoms with van der Waals surface area (Å²) < 4.78 is 29.7. The fourth-order valence-corrected chi connectivity index (χ4v) is 3.24. The molecule has 1 heterocycles. The molecule has 2 N–H and O–H groups in total. The number of aromatic nitrogens is 2. The summed E-state index contributed by atoms with van der Waals surface area (Å²) in [4.78, 5) is 11.6. The summed E-state index contributed by atoms with van der Waals surface area (Å²) in [5.41, 5.74) is 4.17. The van der Waals surface area contributed by atoms with Gasteiger partial charge in [0.2, 0.25) is 5.91 Å². The van der Waals surface area contributed by atoms with Crippen LogP contribution in [-0.4, -0.2) is 20.9 Å². The van der Waals surface area contributed by atoms with Crippen LogP contribution in [0.3, 0.4) is 0 Å². The summed E-state index contributed by atoms with van der Waals surface area (Å²) in [7, 11) is 0. The van der Waals surface area contributed by atoms with Crippen LogP contribution >= 0.6 is 11.6 Å². The lowest BCUT2D eigenvalue weighted by Gasteiger charge is -2.12. The van der Waals surface area contributed by atoms with E-state index in [4.69, 9.17) is 16.8 Å². The molecule has 1 aromatic heterocycles. The molecule has 1 amide bonds. The number of carbonyl (C=O) groups is 1. The molecule has 3 rings (SSSR count). The Morgan fingerprint density at radius 3 is 2.68 bits per heavy atom. The van der Waals surface area contributed by atoms with Crippen molar-refractivity contribution in [3.05, 3.63) is 81.6 Å². The second-order valence-corrected chi connectivity index (χ2v) is 6.74. The van der Waals surface area contributed by atoms with Crippen molar-refractivity contribution in [3.8, 4) is 5.69 Å². The first kappa shape index (κ1) is 20.0. The van der Waals surface area contributed by atoms with Gasteiger partial charge in [0.15, 0.2) is 5.82 Å². The molecule has 0 bridgehead atoms. The van der Waals surface area contributed by atoms with Crippen LogP contribution < -0.4 is 5.48 Å². The van der Waals surface area contributed by atoms with Crippen LogP contribution in [0, 0.1) is 18.6 Å². The van der Waals surface area contributed by atoms with E-state index in [9.17, 15) is 13.6 Å². The summed E-state index contributed by atoms with van der Waals surface area (Å²) >= 11 is 5.89. The van der Waals surface area contributed by atoms with Crippen molar-refractivity contribution in [2.24, 2.45) is 0 Å². The van der Waals surface area contributed by atoms with Crippen LogP contribution in [0.25, 0.3) is 5.69 Å². The molecule has 3 aromatic rings. The van der Waals surface area contributed by atoms with E-state index in [1.54, 1.807) is 24.5 Å². The van der Waals surface area contributed by atoms with Gasteiger partial charge in [-0.2, -0.15) is 5.10 Å². The summed E-state index contributed by atoms with van der Waals surface area (Å²) in [6, 6.07) is 9.40. The predicted molar refractivity (Wildman–Crippen MR) is 101 cm³/mol. The molecule has 146 valence electrons. The number of aryl methyl sites for hydroxylation is 1. The molecule has 0 spiro atoms. The van der Waals surface area contributed by atoms with Gasteiger partial charge in [-0.1, -0.05) is 29.8 Å². The predicted octanol–water partition coefficient (Wildman–Crippen LogP) is 3.95. The Morgan fingerprint density at radius 1 is 1.18 bits per heavy atom. The molecule has 0 aliphatic heterocycles. The summed E-state index contributed by atoms with van der Waals surface area (Å²) in [6.07, 6.45) is 2.16. The highest BCUT2D eigenvalue weighted by molar-refractivity contribution is 6.30. The van der Waals surface area contributed by atoms with Crippen LogP contribution in [0.4, 0.5) is 8.78 Å². The zero-order chi connectivity index (χ0) is 20.3. The molecule has 0 radical (unpaired) electrons. The molecule has 5 nitrogen and oxygen atoms in total. The molecule has 28 heavy (non-hydrogen) atoms. The molecule has 2 aromatic carbocycles. The maximum absolute atomic E-state index is 14.5. The number of rotatable bonds is 6. The highest BCUT2D eigenvalue weighted by Crippen LogP contribution is 2.25. The van der Waals surface area contributed by atoms with Gasteiger partial charge in [0.1, 0.15) is 11.5 Å². The van der Waals surface area contributed by atoms with Gasteiger partial charge >= 0.3 is 0 Å². The third kappa shape index (κ3) is 4.05. The van der Waals surface area contributed by atoms with Gasteiger partial charge in [-0.3, -0.25) is 10.0 Å². The first-order chi connectivity index (χ1) is 13.4. The minimum Gasteiger partial charge on any atom is -0.289 e. The number of nitrogens with one attached hydrogen (secondary N) is 1. The molecule has 8 heteroatoms. The normalized spacial score (nSPS) is 10.9. The molecule has 0 atom stereocenters. The smallest absolute Gasteiger partial charge is 0.247 e. The van der Waals surface area contributed by atoms with E-state index in [1.165, 1.54) is 29.1 Å². The summed E-state index contributed by atoms with van der Waals surface area (Å²) in [5, 5.41) is 13.0. The van der Waals surface area contributed by atoms with E-state index < -0.39 is 11.7 Å². The third-order valence-electron chi connectivity index (χ3n) is 4.60. The number of hydroxylamine groups is 1. The number of hydrogen-bond donors (Lipinski definition) is 2. The van der Waals surface area contributed by atoms with Crippen LogP contribution in [0.5, 0.6) is 0 Å². The molecule has 0 aliphatic rings. The third-order valence-corrected chi connectivity index (χ3v) is 4.89. The van der Waals surface area contributed by atoms with Gasteiger partial charge in [-0.25, -0.2) is 18.9 Å². The van der Waals surface area contributed by atoms with Crippen molar-refractivity contribution in [2.45, 2.75) is 26.2 Å². The lowest BCUT2D eigenvalue weighted by Crippen LogP contribution is -2.21. The first-order valence-corrected chi connectivity index (χ1v) is 8.97. The maximum Gasteiger partial charge on any atom is 0.247 e. The lowest BCUT2D eigenvalue weighted by atomic mass is 10.0. The summed E-state index contributed by atoms with van der Waals surface area (Å²) in [6.45, 7) is 1.69. The van der Waals surface area contributed by atoms with Crippen LogP contribution in [0.1, 0.15) is 22.4 Å². The quantitative estimate of drug-likeness (QED) is 0.482. The second-order valence-electron chi connectivity index (χ2n) is 6.34. The summed E-state index contributed by atoms with van der Waals surface area (Å²) in [5.74, 6) is -1.55. The van der Waals surface area contributed by atoms with E-state index in [2.05, 4.69) is 5.10 Å². The Labute approximate surface area is 165 Å². The van der Waals surface area contributed by atoms with Crippen molar-refractivity contribution in [1.29, 1.82) is 0 Å². The molecule has 0 saturated heterocycles. The highest BCUT2D eigenvalue weighted by Gasteiger charge is 2.18. The Kier molecular flexibility index (Phi) is 6.06. The Balaban J connectivity index is 2.00. The standard InChI is InChI=1S/C20H18ClF2N3O2/c1-12-13(4-2-6-16(12)22)8-9-17-14(10-19(27)25-28)11-24-26(17)18-7-3-5-15(21)20(18)23/h2-7,11,28H,8-10H2,1H3,(H,25,27). The average molecular weight is 406 g/mol. The van der Waals surface area contributed by atoms with Crippen molar-refractivity contribution >= 4 is 17.5 Å². The average Bonchev–Trinajstić information content (AvgIpc) is 3.07. The van der Waals surface area contributed by atoms with Crippen molar-refractivity contribution < 1.29 is 18.8 Å². The number of halogens is 3. The molecule has 0 unspecified atom stereocenters. The SMILES string of the molecule is Cc1c(F)cccc1CCc1c(CC(=O)NO)cnn1-c1cccc(Cl)c1F. The van der Waals surface area contributed by atoms with Gasteiger partial charge in [-0.15, -0.1) is 0 Å². The Bertz CT molecular complexity index is 1020. The van der Waals surface area contributed by atoms with Gasteiger partial charge in [0, 0.05) is 11.3 Å². The number of nitrogens with zero attached hydrogens (tertiary/aromatic N) is 2. The fourth-order valence-electron chi connectivity index (χ4n) is 3.07. The molecular weight excluding hydrogens is 388 g/mol. The van der Waals surface area contributed by atoms with E-state index in [-0.39, 0.29) is 22.9 Å². The van der Waals surface area contributed by atoms with Crippen LogP contribution in [0.15, 0.2) is 42.6 Å². The zero-order valence-electron chi connectivity index (χ0n) is 15.0. The molecular formula is C20H18ClF2N3O2. The Hall–Kier alpha value is -2.77. The highest BCUT2D eigenvalue weighted by atomic mass is 35.5. The second kappa shape index (κ2) is 8.50. The number of carbonyl (C=O) groups excluding carboxylic acids is 1. The molecule has 0 fully saturated rings. The van der Waals surface area contributed by atoms with Gasteiger partial charge in [0.25, 0.3) is 0 Å². The minimum absolute atomic E-state index is 0.0467. The Morgan fingerprint density at radius 2 is 1.93 bits per heavy atom. The number of amides is 1. The zero-order valence-corrected chi connectivity index (χ0v) is 15.8. The number of hydrogen-bond acceptors (Lipinski definition) is 3. The van der Waals surface area contributed by atoms with Crippen molar-refractivity contribution in [3.63, 3.8) is 0 Å².